The van der Waals surface area contributed by atoms with E-state index in [1.165, 1.54) is 21.3 Å². The van der Waals surface area contributed by atoms with Crippen molar-refractivity contribution in [3.05, 3.63) is 83.4 Å². The second-order valence-corrected chi connectivity index (χ2v) is 10.2. The molecule has 0 unspecified atom stereocenters. The first-order valence-electron chi connectivity index (χ1n) is 13.6. The minimum Gasteiger partial charge on any atom is -0.497 e. The summed E-state index contributed by atoms with van der Waals surface area (Å²) in [6.07, 6.45) is -1.04. The zero-order valence-electron chi connectivity index (χ0n) is 23.9. The van der Waals surface area contributed by atoms with Crippen LogP contribution < -0.4 is 18.9 Å². The predicted octanol–water partition coefficient (Wildman–Crippen LogP) is 3.46. The highest BCUT2D eigenvalue weighted by molar-refractivity contribution is 5.78. The van der Waals surface area contributed by atoms with E-state index in [1.807, 2.05) is 30.3 Å². The van der Waals surface area contributed by atoms with Gasteiger partial charge in [0.05, 0.1) is 46.5 Å². The van der Waals surface area contributed by atoms with Crippen LogP contribution in [-0.2, 0) is 30.3 Å². The van der Waals surface area contributed by atoms with E-state index >= 15 is 0 Å². The number of esters is 2. The van der Waals surface area contributed by atoms with Crippen LogP contribution in [0.5, 0.6) is 23.0 Å². The van der Waals surface area contributed by atoms with Crippen molar-refractivity contribution in [1.29, 1.82) is 0 Å². The number of hydrogen-bond acceptors (Lipinski definition) is 10. The van der Waals surface area contributed by atoms with E-state index < -0.39 is 35.1 Å². The van der Waals surface area contributed by atoms with Crippen LogP contribution in [0, 0.1) is 5.92 Å². The van der Waals surface area contributed by atoms with E-state index in [1.54, 1.807) is 43.5 Å². The van der Waals surface area contributed by atoms with Gasteiger partial charge in [0.1, 0.15) is 29.1 Å². The third-order valence-electron chi connectivity index (χ3n) is 8.22. The Morgan fingerprint density at radius 3 is 2.24 bits per heavy atom. The lowest BCUT2D eigenvalue weighted by Gasteiger charge is -2.40. The molecule has 0 bridgehead atoms. The summed E-state index contributed by atoms with van der Waals surface area (Å²) in [5.41, 5.74) is -2.51. The lowest BCUT2D eigenvalue weighted by Crippen LogP contribution is -2.52. The molecule has 3 aromatic rings. The Kier molecular flexibility index (Phi) is 8.03. The summed E-state index contributed by atoms with van der Waals surface area (Å²) in [4.78, 5) is 24.8. The van der Waals surface area contributed by atoms with Crippen LogP contribution in [0.15, 0.2) is 66.7 Å². The molecule has 3 aromatic carbocycles. The first kappa shape index (κ1) is 29.2. The molecule has 2 aliphatic rings. The third-order valence-corrected chi connectivity index (χ3v) is 8.22. The highest BCUT2D eigenvalue weighted by Crippen LogP contribution is 2.70. The highest BCUT2D eigenvalue weighted by Gasteiger charge is 2.78. The lowest BCUT2D eigenvalue weighted by molar-refractivity contribution is -0.161. The van der Waals surface area contributed by atoms with Gasteiger partial charge in [0.2, 0.25) is 0 Å². The fourth-order valence-corrected chi connectivity index (χ4v) is 6.38. The molecular formula is C32H34O10. The molecule has 1 fully saturated rings. The average molecular weight is 579 g/mol. The molecule has 10 nitrogen and oxygen atoms in total. The molecule has 0 aromatic heterocycles. The Hall–Kier alpha value is -4.28. The molecule has 1 saturated carbocycles. The molecule has 222 valence electrons. The van der Waals surface area contributed by atoms with Crippen LogP contribution in [-0.4, -0.2) is 63.3 Å². The number of hydrogen-bond donors (Lipinski definition) is 2. The molecule has 2 N–H and O–H groups in total. The molecule has 5 atom stereocenters. The largest absolute Gasteiger partial charge is 0.497 e. The molecule has 1 heterocycles. The van der Waals surface area contributed by atoms with Crippen molar-refractivity contribution in [3.63, 3.8) is 0 Å². The second-order valence-electron chi connectivity index (χ2n) is 10.2. The number of carbonyl (C=O) groups excluding carboxylic acids is 2. The van der Waals surface area contributed by atoms with Crippen molar-refractivity contribution < 1.29 is 48.2 Å². The van der Waals surface area contributed by atoms with E-state index in [4.69, 9.17) is 23.7 Å². The highest BCUT2D eigenvalue weighted by atomic mass is 16.6. The fraction of sp³-hybridized carbons (Fsp3) is 0.375. The Bertz CT molecular complexity index is 1440. The summed E-state index contributed by atoms with van der Waals surface area (Å²) in [6, 6.07) is 19.3. The Morgan fingerprint density at radius 2 is 1.62 bits per heavy atom. The Labute approximate surface area is 243 Å². The summed E-state index contributed by atoms with van der Waals surface area (Å²) in [5, 5.41) is 24.8. The van der Waals surface area contributed by atoms with Crippen molar-refractivity contribution in [2.24, 2.45) is 5.92 Å². The molecule has 1 aliphatic heterocycles. The SMILES string of the molecule is COC(=O)CCCOc1cc(OC)c2c(c1)O[C@@]1(c3ccc(OC)cc3)[C@H](c3ccccc3)[C@@H](C(=O)OC)[C@@H](O)[C@@]21O. The minimum absolute atomic E-state index is 0.183. The normalized spacial score (nSPS) is 25.5. The summed E-state index contributed by atoms with van der Waals surface area (Å²) in [5.74, 6) is -1.75. The van der Waals surface area contributed by atoms with Gasteiger partial charge in [0.15, 0.2) is 11.2 Å². The molecular weight excluding hydrogens is 544 g/mol. The maximum atomic E-state index is 13.3. The first-order chi connectivity index (χ1) is 20.3. The van der Waals surface area contributed by atoms with E-state index in [0.29, 0.717) is 29.0 Å². The van der Waals surface area contributed by atoms with Crippen LogP contribution in [0.25, 0.3) is 0 Å². The number of methoxy groups -OCH3 is 4. The van der Waals surface area contributed by atoms with Gasteiger partial charge in [-0.15, -0.1) is 0 Å². The van der Waals surface area contributed by atoms with E-state index in [9.17, 15) is 19.8 Å². The summed E-state index contributed by atoms with van der Waals surface area (Å²) < 4.78 is 33.6. The van der Waals surface area contributed by atoms with Crippen molar-refractivity contribution in [2.45, 2.75) is 36.1 Å². The number of aliphatic hydroxyl groups is 2. The maximum Gasteiger partial charge on any atom is 0.312 e. The van der Waals surface area contributed by atoms with Crippen LogP contribution in [0.4, 0.5) is 0 Å². The minimum atomic E-state index is -2.16. The second kappa shape index (κ2) is 11.5. The van der Waals surface area contributed by atoms with E-state index in [0.717, 1.165) is 0 Å². The average Bonchev–Trinajstić information content (AvgIpc) is 3.40. The Balaban J connectivity index is 1.70. The van der Waals surface area contributed by atoms with Crippen LogP contribution >= 0.6 is 0 Å². The lowest BCUT2D eigenvalue weighted by atomic mass is 9.70. The monoisotopic (exact) mass is 578 g/mol. The molecule has 5 rings (SSSR count). The fourth-order valence-electron chi connectivity index (χ4n) is 6.38. The van der Waals surface area contributed by atoms with Gasteiger partial charge >= 0.3 is 11.9 Å². The zero-order chi connectivity index (χ0) is 30.1. The van der Waals surface area contributed by atoms with Gasteiger partial charge < -0.3 is 38.6 Å². The van der Waals surface area contributed by atoms with Crippen molar-refractivity contribution in [1.82, 2.24) is 0 Å². The molecule has 10 heteroatoms. The van der Waals surface area contributed by atoms with Gasteiger partial charge in [-0.25, -0.2) is 0 Å². The van der Waals surface area contributed by atoms with Crippen LogP contribution in [0.3, 0.4) is 0 Å². The predicted molar refractivity (Wildman–Crippen MR) is 150 cm³/mol. The van der Waals surface area contributed by atoms with E-state index in [-0.39, 0.29) is 36.1 Å². The van der Waals surface area contributed by atoms with Gasteiger partial charge in [0.25, 0.3) is 0 Å². The van der Waals surface area contributed by atoms with Gasteiger partial charge in [-0.2, -0.15) is 0 Å². The maximum absolute atomic E-state index is 13.3. The first-order valence-corrected chi connectivity index (χ1v) is 13.6. The van der Waals surface area contributed by atoms with Gasteiger partial charge in [-0.3, -0.25) is 9.59 Å². The van der Waals surface area contributed by atoms with Crippen LogP contribution in [0.1, 0.15) is 35.4 Å². The quantitative estimate of drug-likeness (QED) is 0.273. The zero-order valence-corrected chi connectivity index (χ0v) is 23.9. The molecule has 0 saturated heterocycles. The van der Waals surface area contributed by atoms with Crippen molar-refractivity contribution in [3.8, 4) is 23.0 Å². The molecule has 1 aliphatic carbocycles. The number of aliphatic hydroxyl groups excluding tert-OH is 1. The molecule has 0 amide bonds. The topological polar surface area (TPSA) is 130 Å². The number of rotatable bonds is 10. The number of benzene rings is 3. The number of fused-ring (bicyclic) bond motifs is 3. The number of carbonyl (C=O) groups is 2. The van der Waals surface area contributed by atoms with Gasteiger partial charge in [-0.1, -0.05) is 42.5 Å². The molecule has 0 spiro atoms. The molecule has 42 heavy (non-hydrogen) atoms. The summed E-state index contributed by atoms with van der Waals surface area (Å²) in [6.45, 7) is 0.213. The van der Waals surface area contributed by atoms with Crippen molar-refractivity contribution in [2.75, 3.05) is 35.0 Å². The van der Waals surface area contributed by atoms with Crippen molar-refractivity contribution >= 4 is 11.9 Å². The standard InChI is InChI=1S/C32H34O10/c1-37-21-14-12-20(13-15-21)32-27(19-9-6-5-7-10-19)26(30(35)40-4)29(34)31(32,36)28-23(38-2)17-22(18-24(28)42-32)41-16-8-11-25(33)39-3/h5-7,9-10,12-15,17-18,26-27,29,34,36H,8,11,16H2,1-4H3/t26-,27-,29-,31+,32+/m1/s1. The van der Waals surface area contributed by atoms with Crippen LogP contribution in [0.2, 0.25) is 0 Å². The summed E-state index contributed by atoms with van der Waals surface area (Å²) in [7, 11) is 5.55. The molecule has 0 radical (unpaired) electrons. The van der Waals surface area contributed by atoms with Gasteiger partial charge in [0, 0.05) is 24.5 Å². The van der Waals surface area contributed by atoms with Gasteiger partial charge in [-0.05, 0) is 29.7 Å². The van der Waals surface area contributed by atoms with E-state index in [2.05, 4.69) is 4.74 Å². The third kappa shape index (κ3) is 4.42. The number of ether oxygens (including phenoxy) is 6. The smallest absolute Gasteiger partial charge is 0.312 e. The summed E-state index contributed by atoms with van der Waals surface area (Å²) >= 11 is 0. The Morgan fingerprint density at radius 1 is 0.905 bits per heavy atom.